The molecule has 2 aromatic rings. The Kier molecular flexibility index (Phi) is 5.24. The Morgan fingerprint density at radius 2 is 2.12 bits per heavy atom. The van der Waals surface area contributed by atoms with Crippen molar-refractivity contribution in [1.29, 1.82) is 5.26 Å². The van der Waals surface area contributed by atoms with Crippen LogP contribution in [0.5, 0.6) is 5.88 Å². The summed E-state index contributed by atoms with van der Waals surface area (Å²) in [6.07, 6.45) is 4.27. The molecule has 1 saturated heterocycles. The zero-order valence-electron chi connectivity index (χ0n) is 14.1. The van der Waals surface area contributed by atoms with Crippen LogP contribution >= 0.6 is 0 Å². The fourth-order valence-electron chi connectivity index (χ4n) is 3.13. The van der Waals surface area contributed by atoms with E-state index < -0.39 is 0 Å². The summed E-state index contributed by atoms with van der Waals surface area (Å²) in [4.78, 5) is 22.7. The lowest BCUT2D eigenvalue weighted by molar-refractivity contribution is -0.132. The zero-order valence-corrected chi connectivity index (χ0v) is 14.1. The highest BCUT2D eigenvalue weighted by atomic mass is 16.5. The summed E-state index contributed by atoms with van der Waals surface area (Å²) >= 11 is 0. The van der Waals surface area contributed by atoms with E-state index in [-0.39, 0.29) is 29.5 Å². The highest BCUT2D eigenvalue weighted by molar-refractivity contribution is 5.84. The van der Waals surface area contributed by atoms with Crippen LogP contribution in [0.15, 0.2) is 42.7 Å². The Hall–Kier alpha value is -2.94. The molecule has 1 aromatic heterocycles. The molecule has 1 aliphatic heterocycles. The van der Waals surface area contributed by atoms with Crippen LogP contribution in [0.3, 0.4) is 0 Å². The van der Waals surface area contributed by atoms with Gasteiger partial charge < -0.3 is 9.64 Å². The molecule has 0 aliphatic carbocycles. The highest BCUT2D eigenvalue weighted by Crippen LogP contribution is 2.25. The van der Waals surface area contributed by atoms with Gasteiger partial charge in [-0.25, -0.2) is 9.97 Å². The van der Waals surface area contributed by atoms with Crippen LogP contribution < -0.4 is 4.74 Å². The molecule has 2 atom stereocenters. The van der Waals surface area contributed by atoms with Crippen molar-refractivity contribution in [3.05, 3.63) is 54.0 Å². The summed E-state index contributed by atoms with van der Waals surface area (Å²) < 4.78 is 5.81. The van der Waals surface area contributed by atoms with Gasteiger partial charge in [-0.1, -0.05) is 37.3 Å². The summed E-state index contributed by atoms with van der Waals surface area (Å²) in [5, 5.41) is 9.07. The minimum atomic E-state index is -0.166. The van der Waals surface area contributed by atoms with Gasteiger partial charge >= 0.3 is 0 Å². The second-order valence-corrected chi connectivity index (χ2v) is 6.01. The van der Waals surface area contributed by atoms with Gasteiger partial charge in [-0.05, 0) is 12.0 Å². The third-order valence-corrected chi connectivity index (χ3v) is 4.41. The van der Waals surface area contributed by atoms with E-state index in [1.807, 2.05) is 48.2 Å². The van der Waals surface area contributed by atoms with Gasteiger partial charge in [0.1, 0.15) is 12.2 Å². The molecule has 0 bridgehead atoms. The number of carbonyl (C=O) groups excluding carboxylic acids is 1. The van der Waals surface area contributed by atoms with Gasteiger partial charge in [0.05, 0.1) is 12.5 Å². The summed E-state index contributed by atoms with van der Waals surface area (Å²) in [6, 6.07) is 11.8. The minimum absolute atomic E-state index is 0.124. The normalized spacial score (nSPS) is 17.8. The standard InChI is InChI=1S/C19H20N4O2/c1-2-16(14-6-4-3-5-7-14)19(24)23-11-8-15(13-23)25-18-17(12-20)21-9-10-22-18/h3-7,9-10,15-16H,2,8,11,13H2,1H3/t15-,16-/m0/s1. The van der Waals surface area contributed by atoms with Crippen LogP contribution in [0.4, 0.5) is 0 Å². The van der Waals surface area contributed by atoms with Crippen LogP contribution in [-0.2, 0) is 4.79 Å². The number of likely N-dealkylation sites (tertiary alicyclic amines) is 1. The van der Waals surface area contributed by atoms with Crippen LogP contribution in [0.2, 0.25) is 0 Å². The lowest BCUT2D eigenvalue weighted by Gasteiger charge is -2.23. The number of aromatic nitrogens is 2. The van der Waals surface area contributed by atoms with E-state index in [0.29, 0.717) is 13.1 Å². The van der Waals surface area contributed by atoms with Gasteiger partial charge in [-0.3, -0.25) is 4.79 Å². The molecular weight excluding hydrogens is 316 g/mol. The first kappa shape index (κ1) is 16.9. The monoisotopic (exact) mass is 336 g/mol. The lowest BCUT2D eigenvalue weighted by Crippen LogP contribution is -2.34. The summed E-state index contributed by atoms with van der Waals surface area (Å²) in [5.41, 5.74) is 1.21. The first-order valence-corrected chi connectivity index (χ1v) is 8.44. The van der Waals surface area contributed by atoms with Crippen molar-refractivity contribution in [3.63, 3.8) is 0 Å². The van der Waals surface area contributed by atoms with Crippen molar-refractivity contribution in [2.24, 2.45) is 0 Å². The number of rotatable bonds is 5. The summed E-state index contributed by atoms with van der Waals surface area (Å²) in [7, 11) is 0. The second-order valence-electron chi connectivity index (χ2n) is 6.01. The Labute approximate surface area is 147 Å². The van der Waals surface area contributed by atoms with Gasteiger partial charge in [0.15, 0.2) is 0 Å². The molecule has 0 spiro atoms. The van der Waals surface area contributed by atoms with Crippen molar-refractivity contribution in [1.82, 2.24) is 14.9 Å². The predicted octanol–water partition coefficient (Wildman–Crippen LogP) is 2.52. The maximum Gasteiger partial charge on any atom is 0.251 e. The highest BCUT2D eigenvalue weighted by Gasteiger charge is 2.32. The van der Waals surface area contributed by atoms with E-state index in [2.05, 4.69) is 9.97 Å². The maximum atomic E-state index is 12.9. The first-order chi connectivity index (χ1) is 12.2. The van der Waals surface area contributed by atoms with Crippen molar-refractivity contribution in [3.8, 4) is 11.9 Å². The number of nitrogens with zero attached hydrogens (tertiary/aromatic N) is 4. The maximum absolute atomic E-state index is 12.9. The molecular formula is C19H20N4O2. The average Bonchev–Trinajstić information content (AvgIpc) is 3.12. The van der Waals surface area contributed by atoms with Crippen molar-refractivity contribution in [2.75, 3.05) is 13.1 Å². The smallest absolute Gasteiger partial charge is 0.251 e. The zero-order chi connectivity index (χ0) is 17.6. The number of nitriles is 1. The quantitative estimate of drug-likeness (QED) is 0.838. The summed E-state index contributed by atoms with van der Waals surface area (Å²) in [6.45, 7) is 3.18. The largest absolute Gasteiger partial charge is 0.470 e. The van der Waals surface area contributed by atoms with Gasteiger partial charge in [0, 0.05) is 25.4 Å². The molecule has 1 amide bonds. The molecule has 1 aromatic carbocycles. The third-order valence-electron chi connectivity index (χ3n) is 4.41. The van der Waals surface area contributed by atoms with Crippen LogP contribution in [0.1, 0.15) is 36.9 Å². The molecule has 0 unspecified atom stereocenters. The van der Waals surface area contributed by atoms with Crippen LogP contribution in [0, 0.1) is 11.3 Å². The number of benzene rings is 1. The Morgan fingerprint density at radius 1 is 1.36 bits per heavy atom. The molecule has 2 heterocycles. The SMILES string of the molecule is CC[C@H](C(=O)N1CC[C@H](Oc2nccnc2C#N)C1)c1ccccc1. The van der Waals surface area contributed by atoms with Crippen molar-refractivity contribution in [2.45, 2.75) is 31.8 Å². The van der Waals surface area contributed by atoms with Crippen LogP contribution in [-0.4, -0.2) is 40.0 Å². The lowest BCUT2D eigenvalue weighted by atomic mass is 9.95. The molecule has 3 rings (SSSR count). The molecule has 6 heteroatoms. The Balaban J connectivity index is 1.66. The third kappa shape index (κ3) is 3.77. The molecule has 25 heavy (non-hydrogen) atoms. The molecule has 1 fully saturated rings. The molecule has 128 valence electrons. The fraction of sp³-hybridized carbons (Fsp3) is 0.368. The number of ether oxygens (including phenoxy) is 1. The van der Waals surface area contributed by atoms with E-state index >= 15 is 0 Å². The van der Waals surface area contributed by atoms with Crippen LogP contribution in [0.25, 0.3) is 0 Å². The second kappa shape index (κ2) is 7.75. The van der Waals surface area contributed by atoms with E-state index in [4.69, 9.17) is 10.00 Å². The van der Waals surface area contributed by atoms with Crippen molar-refractivity contribution >= 4 is 5.91 Å². The van der Waals surface area contributed by atoms with Crippen molar-refractivity contribution < 1.29 is 9.53 Å². The van der Waals surface area contributed by atoms with Gasteiger partial charge in [-0.2, -0.15) is 5.26 Å². The van der Waals surface area contributed by atoms with E-state index in [9.17, 15) is 4.79 Å². The Morgan fingerprint density at radius 3 is 2.84 bits per heavy atom. The fourth-order valence-corrected chi connectivity index (χ4v) is 3.13. The number of amides is 1. The van der Waals surface area contributed by atoms with E-state index in [0.717, 1.165) is 18.4 Å². The van der Waals surface area contributed by atoms with Gasteiger partial charge in [-0.15, -0.1) is 0 Å². The van der Waals surface area contributed by atoms with E-state index in [1.54, 1.807) is 0 Å². The van der Waals surface area contributed by atoms with Gasteiger partial charge in [0.25, 0.3) is 5.88 Å². The molecule has 0 N–H and O–H groups in total. The minimum Gasteiger partial charge on any atom is -0.470 e. The molecule has 1 aliphatic rings. The first-order valence-electron chi connectivity index (χ1n) is 8.44. The Bertz CT molecular complexity index is 772. The molecule has 6 nitrogen and oxygen atoms in total. The van der Waals surface area contributed by atoms with E-state index in [1.165, 1.54) is 12.4 Å². The predicted molar refractivity (Wildman–Crippen MR) is 91.8 cm³/mol. The van der Waals surface area contributed by atoms with Gasteiger partial charge in [0.2, 0.25) is 11.6 Å². The number of carbonyl (C=O) groups is 1. The average molecular weight is 336 g/mol. The number of hydrogen-bond acceptors (Lipinski definition) is 5. The number of hydrogen-bond donors (Lipinski definition) is 0. The summed E-state index contributed by atoms with van der Waals surface area (Å²) in [5.74, 6) is 0.227. The molecule has 0 radical (unpaired) electrons. The molecule has 0 saturated carbocycles. The topological polar surface area (TPSA) is 79.1 Å².